The Labute approximate surface area is 113 Å². The summed E-state index contributed by atoms with van der Waals surface area (Å²) in [5, 5.41) is 19.8. The van der Waals surface area contributed by atoms with Crippen molar-refractivity contribution < 1.29 is 0 Å². The van der Waals surface area contributed by atoms with Gasteiger partial charge < -0.3 is 10.3 Å². The molecule has 7 nitrogen and oxygen atoms in total. The van der Waals surface area contributed by atoms with Gasteiger partial charge in [0.1, 0.15) is 0 Å². The molecule has 0 fully saturated rings. The van der Waals surface area contributed by atoms with Crippen LogP contribution in [0.5, 0.6) is 0 Å². The van der Waals surface area contributed by atoms with Crippen molar-refractivity contribution in [3.05, 3.63) is 42.1 Å². The lowest BCUT2D eigenvalue weighted by atomic mass is 10.2. The van der Waals surface area contributed by atoms with E-state index in [1.165, 1.54) is 4.63 Å². The zero-order valence-electron chi connectivity index (χ0n) is 10.7. The fourth-order valence-corrected chi connectivity index (χ4v) is 2.22. The first kappa shape index (κ1) is 10.9. The second-order valence-electron chi connectivity index (χ2n) is 4.62. The third kappa shape index (κ3) is 1.76. The van der Waals surface area contributed by atoms with Crippen molar-refractivity contribution in [1.82, 2.24) is 30.2 Å². The van der Waals surface area contributed by atoms with E-state index in [9.17, 15) is 0 Å². The number of aromatic amines is 1. The number of tetrazole rings is 1. The van der Waals surface area contributed by atoms with E-state index in [0.29, 0.717) is 11.5 Å². The molecular weight excluding hydrogens is 254 g/mol. The third-order valence-corrected chi connectivity index (χ3v) is 3.10. The average molecular weight is 265 g/mol. The summed E-state index contributed by atoms with van der Waals surface area (Å²) in [6, 6.07) is 11.9. The Morgan fingerprint density at radius 2 is 2.10 bits per heavy atom. The molecule has 0 saturated carbocycles. The molecule has 3 heterocycles. The molecule has 0 saturated heterocycles. The molecule has 7 heteroatoms. The van der Waals surface area contributed by atoms with Crippen LogP contribution in [0.15, 0.2) is 36.4 Å². The molecule has 2 N–H and O–H groups in total. The van der Waals surface area contributed by atoms with Gasteiger partial charge in [0.25, 0.3) is 0 Å². The number of rotatable bonds is 2. The van der Waals surface area contributed by atoms with Crippen LogP contribution >= 0.6 is 0 Å². The first-order valence-electron chi connectivity index (χ1n) is 6.20. The zero-order valence-corrected chi connectivity index (χ0v) is 10.7. The van der Waals surface area contributed by atoms with Gasteiger partial charge in [0, 0.05) is 22.3 Å². The lowest BCUT2D eigenvalue weighted by molar-refractivity contribution is 0.736. The molecule has 4 rings (SSSR count). The molecule has 20 heavy (non-hydrogen) atoms. The molecule has 0 unspecified atom stereocenters. The maximum atomic E-state index is 4.28. The Hall–Kier alpha value is -2.96. The van der Waals surface area contributed by atoms with Gasteiger partial charge in [-0.2, -0.15) is 0 Å². The van der Waals surface area contributed by atoms with Gasteiger partial charge in [0.15, 0.2) is 11.5 Å². The molecule has 0 aliphatic heterocycles. The van der Waals surface area contributed by atoms with Crippen molar-refractivity contribution in [2.75, 3.05) is 5.32 Å². The number of anilines is 2. The number of hydrogen-bond acceptors (Lipinski definition) is 5. The Morgan fingerprint density at radius 1 is 1.15 bits per heavy atom. The molecule has 3 aromatic heterocycles. The number of nitrogens with zero attached hydrogens (tertiary/aromatic N) is 5. The minimum atomic E-state index is 0.618. The lowest BCUT2D eigenvalue weighted by Crippen LogP contribution is -2.00. The average Bonchev–Trinajstić information content (AvgIpc) is 3.02. The lowest BCUT2D eigenvalue weighted by Gasteiger charge is -2.05. The first-order valence-corrected chi connectivity index (χ1v) is 6.20. The molecular formula is C13H11N7. The van der Waals surface area contributed by atoms with Gasteiger partial charge in [-0.3, -0.25) is 0 Å². The van der Waals surface area contributed by atoms with Gasteiger partial charge in [0.2, 0.25) is 0 Å². The van der Waals surface area contributed by atoms with Gasteiger partial charge in [-0.05, 0) is 53.7 Å². The highest BCUT2D eigenvalue weighted by Crippen LogP contribution is 2.22. The van der Waals surface area contributed by atoms with Gasteiger partial charge in [-0.25, -0.2) is 0 Å². The fraction of sp³-hybridized carbons (Fsp3) is 0.0769. The SMILES string of the molecule is Cc1cc2cc(Nc3ccc4nnnn4n3)ccc2[nH]1. The van der Waals surface area contributed by atoms with Crippen molar-refractivity contribution in [3.8, 4) is 0 Å². The van der Waals surface area contributed by atoms with Crippen LogP contribution in [0.3, 0.4) is 0 Å². The van der Waals surface area contributed by atoms with Crippen molar-refractivity contribution in [3.63, 3.8) is 0 Å². The molecule has 0 radical (unpaired) electrons. The number of aromatic nitrogens is 6. The largest absolute Gasteiger partial charge is 0.359 e. The minimum absolute atomic E-state index is 0.618. The summed E-state index contributed by atoms with van der Waals surface area (Å²) in [6.07, 6.45) is 0. The van der Waals surface area contributed by atoms with Crippen LogP contribution < -0.4 is 5.32 Å². The molecule has 0 bridgehead atoms. The predicted octanol–water partition coefficient (Wildman–Crippen LogP) is 2.05. The van der Waals surface area contributed by atoms with Crippen molar-refractivity contribution >= 4 is 28.1 Å². The summed E-state index contributed by atoms with van der Waals surface area (Å²) in [5.41, 5.74) is 3.85. The number of aryl methyl sites for hydroxylation is 1. The molecule has 0 atom stereocenters. The summed E-state index contributed by atoms with van der Waals surface area (Å²) in [4.78, 5) is 3.30. The fourth-order valence-electron chi connectivity index (χ4n) is 2.22. The van der Waals surface area contributed by atoms with E-state index in [2.05, 4.69) is 43.1 Å². The third-order valence-electron chi connectivity index (χ3n) is 3.10. The van der Waals surface area contributed by atoms with Crippen molar-refractivity contribution in [2.24, 2.45) is 0 Å². The number of benzene rings is 1. The van der Waals surface area contributed by atoms with Gasteiger partial charge in [-0.1, -0.05) is 0 Å². The van der Waals surface area contributed by atoms with Crippen molar-refractivity contribution in [1.29, 1.82) is 0 Å². The van der Waals surface area contributed by atoms with Crippen LogP contribution in [0.2, 0.25) is 0 Å². The summed E-state index contributed by atoms with van der Waals surface area (Å²) < 4.78 is 1.39. The Bertz CT molecular complexity index is 905. The van der Waals surface area contributed by atoms with Crippen molar-refractivity contribution in [2.45, 2.75) is 6.92 Å². The zero-order chi connectivity index (χ0) is 13.5. The van der Waals surface area contributed by atoms with E-state index in [4.69, 9.17) is 0 Å². The maximum absolute atomic E-state index is 4.28. The van der Waals surface area contributed by atoms with E-state index in [1.807, 2.05) is 31.2 Å². The van der Waals surface area contributed by atoms with Gasteiger partial charge >= 0.3 is 0 Å². The van der Waals surface area contributed by atoms with Crippen LogP contribution in [-0.4, -0.2) is 30.2 Å². The Morgan fingerprint density at radius 3 is 3.05 bits per heavy atom. The minimum Gasteiger partial charge on any atom is -0.359 e. The van der Waals surface area contributed by atoms with Crippen LogP contribution in [0, 0.1) is 6.92 Å². The monoisotopic (exact) mass is 265 g/mol. The van der Waals surface area contributed by atoms with Crippen LogP contribution in [0.1, 0.15) is 5.69 Å². The normalized spacial score (nSPS) is 11.2. The van der Waals surface area contributed by atoms with Gasteiger partial charge in [0.05, 0.1) is 0 Å². The van der Waals surface area contributed by atoms with E-state index in [0.717, 1.165) is 22.3 Å². The van der Waals surface area contributed by atoms with Crippen LogP contribution in [0.4, 0.5) is 11.5 Å². The van der Waals surface area contributed by atoms with E-state index in [-0.39, 0.29) is 0 Å². The topological polar surface area (TPSA) is 83.8 Å². The first-order chi connectivity index (χ1) is 9.78. The summed E-state index contributed by atoms with van der Waals surface area (Å²) in [6.45, 7) is 2.04. The Kier molecular flexibility index (Phi) is 2.19. The molecule has 4 aromatic rings. The maximum Gasteiger partial charge on any atom is 0.200 e. The van der Waals surface area contributed by atoms with Crippen LogP contribution in [-0.2, 0) is 0 Å². The highest BCUT2D eigenvalue weighted by molar-refractivity contribution is 5.84. The molecule has 0 spiro atoms. The highest BCUT2D eigenvalue weighted by Gasteiger charge is 2.03. The molecule has 0 aliphatic rings. The summed E-state index contributed by atoms with van der Waals surface area (Å²) >= 11 is 0. The van der Waals surface area contributed by atoms with E-state index >= 15 is 0 Å². The predicted molar refractivity (Wildman–Crippen MR) is 74.9 cm³/mol. The second kappa shape index (κ2) is 4.02. The number of nitrogens with one attached hydrogen (secondary N) is 2. The summed E-state index contributed by atoms with van der Waals surface area (Å²) in [7, 11) is 0. The molecule has 0 amide bonds. The molecule has 98 valence electrons. The number of H-pyrrole nitrogens is 1. The molecule has 0 aliphatic carbocycles. The molecule has 1 aromatic carbocycles. The Balaban J connectivity index is 1.71. The highest BCUT2D eigenvalue weighted by atomic mass is 15.6. The standard InChI is InChI=1S/C13H11N7/c1-8-6-9-7-10(2-3-11(9)14-8)15-12-4-5-13-16-18-19-20(13)17-12/h2-7,14H,1H3,(H,15,17). The summed E-state index contributed by atoms with van der Waals surface area (Å²) in [5.74, 6) is 0.691. The second-order valence-corrected chi connectivity index (χ2v) is 4.62. The van der Waals surface area contributed by atoms with Gasteiger partial charge in [-0.15, -0.1) is 14.8 Å². The number of fused-ring (bicyclic) bond motifs is 2. The van der Waals surface area contributed by atoms with E-state index < -0.39 is 0 Å². The number of hydrogen-bond donors (Lipinski definition) is 2. The smallest absolute Gasteiger partial charge is 0.200 e. The quantitative estimate of drug-likeness (QED) is 0.579. The van der Waals surface area contributed by atoms with Crippen LogP contribution in [0.25, 0.3) is 16.6 Å². The van der Waals surface area contributed by atoms with E-state index in [1.54, 1.807) is 0 Å².